The number of nitrogens with one attached hydrogen (secondary N) is 2. The molecule has 0 radical (unpaired) electrons. The van der Waals surface area contributed by atoms with Gasteiger partial charge in [-0.3, -0.25) is 14.4 Å². The lowest BCUT2D eigenvalue weighted by Crippen LogP contribution is -2.58. The predicted molar refractivity (Wildman–Crippen MR) is 148 cm³/mol. The number of hydrogen-bond donors (Lipinski definition) is 3. The SMILES string of the molecule is CC(C)(C)NC(=O)C1N([C@H](CO)c2ccccc2)C(=O)[C@@H]2[C@@H](C(=O)Nc3ccccc3)[C@@H]3SC12CC3Br. The van der Waals surface area contributed by atoms with E-state index in [0.29, 0.717) is 12.1 Å². The Balaban J connectivity index is 1.58. The van der Waals surface area contributed by atoms with Crippen molar-refractivity contribution in [1.82, 2.24) is 10.2 Å². The van der Waals surface area contributed by atoms with E-state index in [2.05, 4.69) is 26.6 Å². The van der Waals surface area contributed by atoms with Crippen LogP contribution in [0, 0.1) is 11.8 Å². The largest absolute Gasteiger partial charge is 0.394 e. The zero-order chi connectivity index (χ0) is 26.5. The molecule has 7 nitrogen and oxygen atoms in total. The molecule has 3 aliphatic heterocycles. The molecular formula is C28H32BrN3O4S. The number of aliphatic hydroxyl groups excluding tert-OH is 1. The molecule has 196 valence electrons. The molecule has 5 rings (SSSR count). The Morgan fingerprint density at radius 3 is 2.32 bits per heavy atom. The van der Waals surface area contributed by atoms with Crippen LogP contribution >= 0.6 is 27.7 Å². The lowest BCUT2D eigenvalue weighted by atomic mass is 9.70. The topological polar surface area (TPSA) is 98.7 Å². The van der Waals surface area contributed by atoms with Gasteiger partial charge >= 0.3 is 0 Å². The summed E-state index contributed by atoms with van der Waals surface area (Å²) < 4.78 is -0.786. The summed E-state index contributed by atoms with van der Waals surface area (Å²) in [4.78, 5) is 43.5. The predicted octanol–water partition coefficient (Wildman–Crippen LogP) is 3.74. The minimum absolute atomic E-state index is 0.0257. The molecule has 3 saturated heterocycles. The highest BCUT2D eigenvalue weighted by Gasteiger charge is 2.76. The Kier molecular flexibility index (Phi) is 6.92. The fourth-order valence-corrected chi connectivity index (χ4v) is 9.82. The molecule has 3 N–H and O–H groups in total. The van der Waals surface area contributed by atoms with Gasteiger partial charge in [0.25, 0.3) is 0 Å². The number of carbonyl (C=O) groups is 3. The third-order valence-corrected chi connectivity index (χ3v) is 10.7. The summed E-state index contributed by atoms with van der Waals surface area (Å²) in [6.07, 6.45) is 0.583. The molecule has 3 heterocycles. The number of likely N-dealkylation sites (tertiary alicyclic amines) is 1. The van der Waals surface area contributed by atoms with Crippen molar-refractivity contribution >= 4 is 51.1 Å². The van der Waals surface area contributed by atoms with Gasteiger partial charge in [-0.15, -0.1) is 11.8 Å². The highest BCUT2D eigenvalue weighted by molar-refractivity contribution is 9.09. The van der Waals surface area contributed by atoms with Crippen molar-refractivity contribution in [3.05, 3.63) is 66.2 Å². The summed E-state index contributed by atoms with van der Waals surface area (Å²) in [5, 5.41) is 16.5. The number of alkyl halides is 1. The normalized spacial score (nSPS) is 31.2. The Morgan fingerprint density at radius 2 is 1.73 bits per heavy atom. The summed E-state index contributed by atoms with van der Waals surface area (Å²) in [7, 11) is 0. The fraction of sp³-hybridized carbons (Fsp3) is 0.464. The Bertz CT molecular complexity index is 1190. The van der Waals surface area contributed by atoms with Gasteiger partial charge in [0.15, 0.2) is 0 Å². The maximum atomic E-state index is 14.3. The number of hydrogen-bond acceptors (Lipinski definition) is 5. The zero-order valence-corrected chi connectivity index (χ0v) is 23.5. The van der Waals surface area contributed by atoms with Crippen molar-refractivity contribution in [2.24, 2.45) is 11.8 Å². The number of fused-ring (bicyclic) bond motifs is 1. The summed E-state index contributed by atoms with van der Waals surface area (Å²) in [6.45, 7) is 5.39. The monoisotopic (exact) mass is 585 g/mol. The molecule has 0 aliphatic carbocycles. The van der Waals surface area contributed by atoms with Gasteiger partial charge in [0.2, 0.25) is 17.7 Å². The summed E-state index contributed by atoms with van der Waals surface area (Å²) in [5.41, 5.74) is 0.909. The van der Waals surface area contributed by atoms with Gasteiger partial charge in [0.05, 0.1) is 29.2 Å². The molecule has 9 heteroatoms. The quantitative estimate of drug-likeness (QED) is 0.449. The first-order chi connectivity index (χ1) is 17.6. The smallest absolute Gasteiger partial charge is 0.244 e. The summed E-state index contributed by atoms with van der Waals surface area (Å²) >= 11 is 5.37. The standard InChI is InChI=1S/C28H32BrN3O4S/c1-27(2,3)31-25(35)23-28-14-18(29)22(37-28)20(24(34)30-17-12-8-5-9-13-17)21(28)26(36)32(23)19(15-33)16-10-6-4-7-11-16/h4-13,18-23,33H,14-15H2,1-3H3,(H,30,34)(H,31,35)/t18?,19-,20-,21+,22-,23?,28?/m1/s1. The van der Waals surface area contributed by atoms with Crippen molar-refractivity contribution in [2.75, 3.05) is 11.9 Å². The highest BCUT2D eigenvalue weighted by Crippen LogP contribution is 2.68. The minimum Gasteiger partial charge on any atom is -0.394 e. The first-order valence-corrected chi connectivity index (χ1v) is 14.3. The van der Waals surface area contributed by atoms with E-state index in [0.717, 1.165) is 5.56 Å². The molecule has 3 amide bonds. The minimum atomic E-state index is -0.828. The van der Waals surface area contributed by atoms with Crippen LogP contribution in [0.2, 0.25) is 0 Å². The number of amides is 3. The van der Waals surface area contributed by atoms with Crippen LogP contribution < -0.4 is 10.6 Å². The van der Waals surface area contributed by atoms with Crippen LogP contribution in [0.4, 0.5) is 5.69 Å². The number of aliphatic hydroxyl groups is 1. The van der Waals surface area contributed by atoms with Crippen molar-refractivity contribution in [3.63, 3.8) is 0 Å². The maximum absolute atomic E-state index is 14.3. The number of carbonyl (C=O) groups excluding carboxylic acids is 3. The molecule has 7 atom stereocenters. The molecule has 0 saturated carbocycles. The van der Waals surface area contributed by atoms with Gasteiger partial charge in [-0.05, 0) is 44.9 Å². The van der Waals surface area contributed by atoms with E-state index in [4.69, 9.17) is 0 Å². The van der Waals surface area contributed by atoms with Crippen molar-refractivity contribution in [2.45, 2.75) is 59.6 Å². The molecule has 0 aromatic heterocycles. The number of halogens is 1. The van der Waals surface area contributed by atoms with E-state index in [1.807, 2.05) is 81.4 Å². The average molecular weight is 587 g/mol. The van der Waals surface area contributed by atoms with Crippen molar-refractivity contribution in [3.8, 4) is 0 Å². The van der Waals surface area contributed by atoms with Crippen LogP contribution in [0.15, 0.2) is 60.7 Å². The van der Waals surface area contributed by atoms with E-state index in [1.54, 1.807) is 16.7 Å². The first-order valence-electron chi connectivity index (χ1n) is 12.6. The van der Waals surface area contributed by atoms with E-state index in [9.17, 15) is 19.5 Å². The van der Waals surface area contributed by atoms with E-state index in [-0.39, 0.29) is 34.4 Å². The van der Waals surface area contributed by atoms with E-state index >= 15 is 0 Å². The van der Waals surface area contributed by atoms with Gasteiger partial charge in [-0.1, -0.05) is 64.5 Å². The summed E-state index contributed by atoms with van der Waals surface area (Å²) in [5.74, 6) is -2.01. The Morgan fingerprint density at radius 1 is 1.11 bits per heavy atom. The highest BCUT2D eigenvalue weighted by atomic mass is 79.9. The number of benzene rings is 2. The van der Waals surface area contributed by atoms with Crippen LogP contribution in [0.5, 0.6) is 0 Å². The number of rotatable bonds is 6. The van der Waals surface area contributed by atoms with Gasteiger partial charge in [-0.2, -0.15) is 0 Å². The first kappa shape index (κ1) is 26.3. The molecule has 3 unspecified atom stereocenters. The Labute approximate surface area is 229 Å². The van der Waals surface area contributed by atoms with Crippen LogP contribution in [-0.4, -0.2) is 60.7 Å². The fourth-order valence-electron chi connectivity index (χ4n) is 6.22. The van der Waals surface area contributed by atoms with Crippen molar-refractivity contribution in [1.29, 1.82) is 0 Å². The van der Waals surface area contributed by atoms with Gasteiger partial charge < -0.3 is 20.6 Å². The Hall–Kier alpha value is -2.36. The van der Waals surface area contributed by atoms with E-state index in [1.165, 1.54) is 0 Å². The number of para-hydroxylation sites is 1. The third-order valence-electron chi connectivity index (χ3n) is 7.51. The lowest BCUT2D eigenvalue weighted by molar-refractivity contribution is -0.142. The molecule has 2 aromatic carbocycles. The second kappa shape index (κ2) is 9.75. The number of anilines is 1. The molecular weight excluding hydrogens is 554 g/mol. The lowest BCUT2D eigenvalue weighted by Gasteiger charge is -2.39. The second-order valence-corrected chi connectivity index (χ2v) is 13.8. The van der Waals surface area contributed by atoms with Gasteiger partial charge in [-0.25, -0.2) is 0 Å². The average Bonchev–Trinajstić information content (AvgIpc) is 3.44. The molecule has 1 spiro atoms. The molecule has 3 fully saturated rings. The van der Waals surface area contributed by atoms with E-state index < -0.39 is 34.2 Å². The molecule has 2 bridgehead atoms. The molecule has 37 heavy (non-hydrogen) atoms. The number of thioether (sulfide) groups is 1. The van der Waals surface area contributed by atoms with Crippen LogP contribution in [-0.2, 0) is 14.4 Å². The second-order valence-electron chi connectivity index (χ2n) is 11.1. The zero-order valence-electron chi connectivity index (χ0n) is 21.1. The van der Waals surface area contributed by atoms with Crippen LogP contribution in [0.25, 0.3) is 0 Å². The van der Waals surface area contributed by atoms with Crippen LogP contribution in [0.1, 0.15) is 38.8 Å². The molecule has 2 aromatic rings. The van der Waals surface area contributed by atoms with Gasteiger partial charge in [0, 0.05) is 21.3 Å². The van der Waals surface area contributed by atoms with Crippen molar-refractivity contribution < 1.29 is 19.5 Å². The van der Waals surface area contributed by atoms with Gasteiger partial charge in [0.1, 0.15) is 6.04 Å². The maximum Gasteiger partial charge on any atom is 0.244 e. The third kappa shape index (κ3) is 4.49. The molecule has 3 aliphatic rings. The van der Waals surface area contributed by atoms with Crippen LogP contribution in [0.3, 0.4) is 0 Å². The summed E-state index contributed by atoms with van der Waals surface area (Å²) in [6, 6.07) is 17.0. The number of nitrogens with zero attached hydrogens (tertiary/aromatic N) is 1.